The highest BCUT2D eigenvalue weighted by Gasteiger charge is 2.21. The average molecular weight is 265 g/mol. The summed E-state index contributed by atoms with van der Waals surface area (Å²) in [5, 5.41) is 15.7. The van der Waals surface area contributed by atoms with Crippen molar-refractivity contribution in [2.24, 2.45) is 11.8 Å². The summed E-state index contributed by atoms with van der Waals surface area (Å²) >= 11 is 0. The Morgan fingerprint density at radius 1 is 1.26 bits per heavy atom. The minimum absolute atomic E-state index is 0.496. The van der Waals surface area contributed by atoms with Gasteiger partial charge in [0, 0.05) is 0 Å². The van der Waals surface area contributed by atoms with Gasteiger partial charge in [-0.3, -0.25) is 0 Å². The van der Waals surface area contributed by atoms with Crippen molar-refractivity contribution in [2.75, 3.05) is 6.54 Å². The van der Waals surface area contributed by atoms with Crippen LogP contribution in [0, 0.1) is 11.8 Å². The molecule has 2 unspecified atom stereocenters. The molecule has 0 spiro atoms. The molecular formula is C14H27N5. The van der Waals surface area contributed by atoms with Crippen LogP contribution in [0.25, 0.3) is 0 Å². The maximum atomic E-state index is 4.22. The van der Waals surface area contributed by atoms with E-state index in [1.54, 1.807) is 0 Å². The van der Waals surface area contributed by atoms with Gasteiger partial charge in [0.05, 0.1) is 12.6 Å². The van der Waals surface area contributed by atoms with Crippen molar-refractivity contribution in [2.45, 2.75) is 65.5 Å². The molecule has 1 fully saturated rings. The summed E-state index contributed by atoms with van der Waals surface area (Å²) < 4.78 is 2.06. The molecule has 1 aromatic heterocycles. The zero-order valence-electron chi connectivity index (χ0n) is 12.5. The molecule has 0 bridgehead atoms. The molecule has 1 aliphatic rings. The maximum Gasteiger partial charge on any atom is 0.165 e. The zero-order valence-corrected chi connectivity index (χ0v) is 12.5. The topological polar surface area (TPSA) is 55.6 Å². The van der Waals surface area contributed by atoms with Crippen LogP contribution in [-0.4, -0.2) is 26.8 Å². The van der Waals surface area contributed by atoms with E-state index >= 15 is 0 Å². The van der Waals surface area contributed by atoms with Gasteiger partial charge in [0.25, 0.3) is 0 Å². The largest absolute Gasteiger partial charge is 0.310 e. The molecule has 5 heteroatoms. The predicted molar refractivity (Wildman–Crippen MR) is 75.6 cm³/mol. The second-order valence-electron chi connectivity index (χ2n) is 6.33. The van der Waals surface area contributed by atoms with Crippen LogP contribution in [0.1, 0.15) is 64.7 Å². The summed E-state index contributed by atoms with van der Waals surface area (Å²) in [6.07, 6.45) is 6.36. The van der Waals surface area contributed by atoms with Gasteiger partial charge in [-0.2, -0.15) is 0 Å². The molecule has 5 nitrogen and oxygen atoms in total. The first-order valence-electron chi connectivity index (χ1n) is 7.64. The lowest BCUT2D eigenvalue weighted by atomic mass is 10.0. The fraction of sp³-hybridized carbons (Fsp3) is 0.929. The highest BCUT2D eigenvalue weighted by atomic mass is 15.6. The highest BCUT2D eigenvalue weighted by molar-refractivity contribution is 4.85. The maximum absolute atomic E-state index is 4.22. The van der Waals surface area contributed by atoms with Crippen molar-refractivity contribution in [1.82, 2.24) is 25.5 Å². The normalized spacial score (nSPS) is 24.6. The Bertz CT molecular complexity index is 374. The number of aromatic nitrogens is 4. The summed E-state index contributed by atoms with van der Waals surface area (Å²) in [6.45, 7) is 8.56. The van der Waals surface area contributed by atoms with Crippen molar-refractivity contribution in [3.8, 4) is 0 Å². The molecule has 1 N–H and O–H groups in total. The quantitative estimate of drug-likeness (QED) is 0.831. The molecule has 1 aliphatic carbocycles. The standard InChI is InChI=1S/C14H27N5/c1-11(2)9-15-10-14-16-17-18-19(14)13-6-4-5-12(3)7-8-13/h11-13,15H,4-10H2,1-3H3. The van der Waals surface area contributed by atoms with Crippen LogP contribution in [0.15, 0.2) is 0 Å². The molecule has 108 valence electrons. The summed E-state index contributed by atoms with van der Waals surface area (Å²) in [7, 11) is 0. The Kier molecular flexibility index (Phi) is 5.31. The summed E-state index contributed by atoms with van der Waals surface area (Å²) in [5.41, 5.74) is 0. The van der Waals surface area contributed by atoms with E-state index in [4.69, 9.17) is 0 Å². The number of tetrazole rings is 1. The third-order valence-corrected chi connectivity index (χ3v) is 3.97. The molecule has 19 heavy (non-hydrogen) atoms. The van der Waals surface area contributed by atoms with Crippen molar-refractivity contribution >= 4 is 0 Å². The lowest BCUT2D eigenvalue weighted by Crippen LogP contribution is -2.23. The van der Waals surface area contributed by atoms with E-state index < -0.39 is 0 Å². The third kappa shape index (κ3) is 4.27. The second kappa shape index (κ2) is 6.98. The molecule has 0 saturated heterocycles. The molecule has 0 radical (unpaired) electrons. The van der Waals surface area contributed by atoms with E-state index in [9.17, 15) is 0 Å². The summed E-state index contributed by atoms with van der Waals surface area (Å²) in [4.78, 5) is 0. The first-order chi connectivity index (χ1) is 9.16. The first kappa shape index (κ1) is 14.4. The van der Waals surface area contributed by atoms with E-state index in [2.05, 4.69) is 46.3 Å². The second-order valence-corrected chi connectivity index (χ2v) is 6.33. The van der Waals surface area contributed by atoms with Gasteiger partial charge in [0.1, 0.15) is 0 Å². The van der Waals surface area contributed by atoms with Crippen molar-refractivity contribution in [3.63, 3.8) is 0 Å². The highest BCUT2D eigenvalue weighted by Crippen LogP contribution is 2.29. The Labute approximate surface area is 116 Å². The molecule has 0 aliphatic heterocycles. The number of hydrogen-bond donors (Lipinski definition) is 1. The van der Waals surface area contributed by atoms with Crippen LogP contribution in [0.2, 0.25) is 0 Å². The fourth-order valence-corrected chi connectivity index (χ4v) is 2.80. The molecule has 2 atom stereocenters. The molecule has 0 amide bonds. The summed E-state index contributed by atoms with van der Waals surface area (Å²) in [6, 6.07) is 0.496. The fourth-order valence-electron chi connectivity index (χ4n) is 2.80. The van der Waals surface area contributed by atoms with Crippen LogP contribution in [0.5, 0.6) is 0 Å². The minimum atomic E-state index is 0.496. The smallest absolute Gasteiger partial charge is 0.165 e. The molecule has 1 saturated carbocycles. The van der Waals surface area contributed by atoms with E-state index in [1.165, 1.54) is 32.1 Å². The van der Waals surface area contributed by atoms with Crippen LogP contribution in [0.3, 0.4) is 0 Å². The van der Waals surface area contributed by atoms with E-state index in [0.717, 1.165) is 24.8 Å². The molecule has 2 rings (SSSR count). The number of nitrogens with zero attached hydrogens (tertiary/aromatic N) is 4. The SMILES string of the molecule is CC(C)CNCc1nnnn1C1CCCC(C)CC1. The predicted octanol–water partition coefficient (Wildman–Crippen LogP) is 2.56. The number of rotatable bonds is 5. The van der Waals surface area contributed by atoms with Crippen LogP contribution >= 0.6 is 0 Å². The van der Waals surface area contributed by atoms with Gasteiger partial charge in [-0.1, -0.05) is 33.6 Å². The van der Waals surface area contributed by atoms with Crippen molar-refractivity contribution in [1.29, 1.82) is 0 Å². The number of hydrogen-bond acceptors (Lipinski definition) is 4. The van der Waals surface area contributed by atoms with Crippen LogP contribution in [-0.2, 0) is 6.54 Å². The number of nitrogens with one attached hydrogen (secondary N) is 1. The molecular weight excluding hydrogens is 238 g/mol. The van der Waals surface area contributed by atoms with Gasteiger partial charge in [-0.15, -0.1) is 5.10 Å². The van der Waals surface area contributed by atoms with Crippen molar-refractivity contribution < 1.29 is 0 Å². The molecule has 1 aromatic rings. The lowest BCUT2D eigenvalue weighted by Gasteiger charge is -2.16. The Morgan fingerprint density at radius 3 is 2.89 bits per heavy atom. The zero-order chi connectivity index (χ0) is 13.7. The first-order valence-corrected chi connectivity index (χ1v) is 7.64. The summed E-state index contributed by atoms with van der Waals surface area (Å²) in [5.74, 6) is 2.49. The monoisotopic (exact) mass is 265 g/mol. The van der Waals surface area contributed by atoms with Gasteiger partial charge in [0.2, 0.25) is 0 Å². The van der Waals surface area contributed by atoms with Gasteiger partial charge in [0.15, 0.2) is 5.82 Å². The Balaban J connectivity index is 1.94. The minimum Gasteiger partial charge on any atom is -0.310 e. The lowest BCUT2D eigenvalue weighted by molar-refractivity contribution is 0.374. The van der Waals surface area contributed by atoms with Gasteiger partial charge < -0.3 is 5.32 Å². The Hall–Kier alpha value is -0.970. The van der Waals surface area contributed by atoms with Gasteiger partial charge in [-0.25, -0.2) is 4.68 Å². The third-order valence-electron chi connectivity index (χ3n) is 3.97. The average Bonchev–Trinajstić information content (AvgIpc) is 2.71. The van der Waals surface area contributed by atoms with E-state index in [0.29, 0.717) is 12.0 Å². The van der Waals surface area contributed by atoms with Gasteiger partial charge >= 0.3 is 0 Å². The van der Waals surface area contributed by atoms with Crippen molar-refractivity contribution in [3.05, 3.63) is 5.82 Å². The molecule has 0 aromatic carbocycles. The van der Waals surface area contributed by atoms with Gasteiger partial charge in [-0.05, 0) is 48.1 Å². The van der Waals surface area contributed by atoms with E-state index in [-0.39, 0.29) is 0 Å². The Morgan fingerprint density at radius 2 is 2.11 bits per heavy atom. The van der Waals surface area contributed by atoms with Crippen LogP contribution in [0.4, 0.5) is 0 Å². The van der Waals surface area contributed by atoms with E-state index in [1.807, 2.05) is 0 Å². The molecule has 1 heterocycles. The van der Waals surface area contributed by atoms with Crippen LogP contribution < -0.4 is 5.32 Å².